The second-order valence-electron chi connectivity index (χ2n) is 10.4. The number of esters is 3. The van der Waals surface area contributed by atoms with E-state index in [1.165, 1.54) is 18.7 Å². The van der Waals surface area contributed by atoms with Crippen molar-refractivity contribution in [3.63, 3.8) is 0 Å². The van der Waals surface area contributed by atoms with Gasteiger partial charge in [0.15, 0.2) is 12.2 Å². The Morgan fingerprint density at radius 1 is 0.696 bits per heavy atom. The molecule has 0 aromatic heterocycles. The monoisotopic (exact) mass is 642 g/mol. The number of carbonyl (C=O) groups excluding carboxylic acids is 3. The fourth-order valence-electron chi connectivity index (χ4n) is 4.89. The lowest BCUT2D eigenvalue weighted by Crippen LogP contribution is -2.61. The van der Waals surface area contributed by atoms with Gasteiger partial charge in [-0.15, -0.1) is 0 Å². The highest BCUT2D eigenvalue weighted by atomic mass is 32.2. The zero-order chi connectivity index (χ0) is 32.3. The van der Waals surface area contributed by atoms with Crippen LogP contribution in [0, 0.1) is 0 Å². The van der Waals surface area contributed by atoms with E-state index in [1.54, 1.807) is 79.9 Å². The minimum absolute atomic E-state index is 0.0884. The molecule has 9 nitrogen and oxygen atoms in total. The average Bonchev–Trinajstić information content (AvgIpc) is 3.09. The normalized spacial score (nSPS) is 20.7. The van der Waals surface area contributed by atoms with Crippen LogP contribution in [0.25, 0.3) is 0 Å². The van der Waals surface area contributed by atoms with Crippen molar-refractivity contribution in [1.82, 2.24) is 0 Å². The van der Waals surface area contributed by atoms with E-state index in [-0.39, 0.29) is 13.2 Å². The molecule has 1 heterocycles. The van der Waals surface area contributed by atoms with Crippen molar-refractivity contribution >= 4 is 29.7 Å². The van der Waals surface area contributed by atoms with Crippen LogP contribution in [0.1, 0.15) is 33.2 Å². The fourth-order valence-corrected chi connectivity index (χ4v) is 6.01. The molecular formula is C36H34O9S. The van der Waals surface area contributed by atoms with Gasteiger partial charge in [0.1, 0.15) is 30.0 Å². The van der Waals surface area contributed by atoms with Crippen molar-refractivity contribution in [3.05, 3.63) is 132 Å². The smallest absolute Gasteiger partial charge is 0.338 e. The largest absolute Gasteiger partial charge is 0.497 e. The van der Waals surface area contributed by atoms with E-state index < -0.39 is 47.8 Å². The summed E-state index contributed by atoms with van der Waals surface area (Å²) in [6, 6.07) is 33.9. The van der Waals surface area contributed by atoms with Gasteiger partial charge in [0, 0.05) is 11.8 Å². The highest BCUT2D eigenvalue weighted by Crippen LogP contribution is 2.38. The Labute approximate surface area is 271 Å². The Hall–Kier alpha value is -4.64. The van der Waals surface area contributed by atoms with E-state index in [2.05, 4.69) is 0 Å². The van der Waals surface area contributed by atoms with Gasteiger partial charge >= 0.3 is 17.9 Å². The molecule has 0 radical (unpaired) electrons. The third-order valence-electron chi connectivity index (χ3n) is 7.13. The Morgan fingerprint density at radius 2 is 1.28 bits per heavy atom. The first-order valence-corrected chi connectivity index (χ1v) is 15.6. The van der Waals surface area contributed by atoms with Gasteiger partial charge in [-0.3, -0.25) is 4.79 Å². The molecule has 10 heteroatoms. The number of methoxy groups -OCH3 is 1. The van der Waals surface area contributed by atoms with Gasteiger partial charge in [-0.25, -0.2) is 9.59 Å². The van der Waals surface area contributed by atoms with Gasteiger partial charge in [0.05, 0.1) is 24.8 Å². The average molecular weight is 643 g/mol. The molecule has 0 saturated carbocycles. The zero-order valence-electron chi connectivity index (χ0n) is 25.4. The van der Waals surface area contributed by atoms with Crippen LogP contribution in [0.15, 0.2) is 120 Å². The van der Waals surface area contributed by atoms with Crippen LogP contribution in [0.4, 0.5) is 0 Å². The second-order valence-corrected chi connectivity index (χ2v) is 11.5. The number of ether oxygens (including phenoxy) is 6. The summed E-state index contributed by atoms with van der Waals surface area (Å²) >= 11 is 1.32. The van der Waals surface area contributed by atoms with Crippen LogP contribution in [0.3, 0.4) is 0 Å². The van der Waals surface area contributed by atoms with Crippen LogP contribution in [-0.2, 0) is 35.1 Å². The third kappa shape index (κ3) is 8.75. The predicted molar refractivity (Wildman–Crippen MR) is 170 cm³/mol. The molecule has 0 N–H and O–H groups in total. The van der Waals surface area contributed by atoms with Crippen LogP contribution < -0.4 is 4.74 Å². The van der Waals surface area contributed by atoms with Crippen LogP contribution >= 0.6 is 11.8 Å². The maximum atomic E-state index is 13.4. The van der Waals surface area contributed by atoms with E-state index in [4.69, 9.17) is 28.4 Å². The van der Waals surface area contributed by atoms with Gasteiger partial charge in [-0.1, -0.05) is 78.5 Å². The first-order chi connectivity index (χ1) is 22.4. The molecule has 1 fully saturated rings. The number of rotatable bonds is 12. The number of carbonyl (C=O) groups is 3. The molecule has 0 aliphatic carbocycles. The van der Waals surface area contributed by atoms with Crippen molar-refractivity contribution in [1.29, 1.82) is 0 Å². The molecule has 1 aliphatic heterocycles. The van der Waals surface area contributed by atoms with Gasteiger partial charge < -0.3 is 28.4 Å². The van der Waals surface area contributed by atoms with Crippen molar-refractivity contribution < 1.29 is 42.8 Å². The predicted octanol–water partition coefficient (Wildman–Crippen LogP) is 6.11. The fraction of sp³-hybridized carbons (Fsp3) is 0.250. The first kappa shape index (κ1) is 32.7. The van der Waals surface area contributed by atoms with Crippen LogP contribution in [0.5, 0.6) is 5.75 Å². The molecule has 0 unspecified atom stereocenters. The number of hydrogen-bond acceptors (Lipinski definition) is 10. The van der Waals surface area contributed by atoms with E-state index in [1.807, 2.05) is 42.5 Å². The van der Waals surface area contributed by atoms with Crippen molar-refractivity contribution in [3.8, 4) is 5.75 Å². The number of thioether (sulfide) groups is 1. The maximum Gasteiger partial charge on any atom is 0.338 e. The van der Waals surface area contributed by atoms with Crippen molar-refractivity contribution in [2.45, 2.75) is 48.3 Å². The summed E-state index contributed by atoms with van der Waals surface area (Å²) in [5, 5.41) is 0. The minimum atomic E-state index is -1.10. The number of benzene rings is 4. The van der Waals surface area contributed by atoms with Gasteiger partial charge in [-0.2, -0.15) is 0 Å². The Kier molecular flexibility index (Phi) is 11.4. The molecule has 5 rings (SSSR count). The van der Waals surface area contributed by atoms with Gasteiger partial charge in [0.25, 0.3) is 0 Å². The quantitative estimate of drug-likeness (QED) is 0.133. The number of hydrogen-bond donors (Lipinski definition) is 0. The summed E-state index contributed by atoms with van der Waals surface area (Å²) in [6.45, 7) is 1.10. The van der Waals surface area contributed by atoms with E-state index in [0.717, 1.165) is 10.5 Å². The molecule has 0 amide bonds. The molecule has 1 saturated heterocycles. The van der Waals surface area contributed by atoms with Gasteiger partial charge in [-0.05, 0) is 54.1 Å². The van der Waals surface area contributed by atoms with E-state index in [9.17, 15) is 14.4 Å². The van der Waals surface area contributed by atoms with Gasteiger partial charge in [0.2, 0.25) is 0 Å². The maximum absolute atomic E-state index is 13.4. The minimum Gasteiger partial charge on any atom is -0.497 e. The zero-order valence-corrected chi connectivity index (χ0v) is 26.2. The molecule has 4 aromatic rings. The standard InChI is InChI=1S/C36H34O9S/c1-24(37)43-31-30(23-42-34(38)26-12-6-3-7-13-26)44-36(46-29-16-10-5-11-17-29)33(45-35(39)27-14-8-4-9-15-27)32(31)41-22-25-18-20-28(40-2)21-19-25/h3-21,30-33,36H,22-23H2,1-2H3/t30-,31+,32+,33-,36+/m1/s1. The van der Waals surface area contributed by atoms with Crippen LogP contribution in [0.2, 0.25) is 0 Å². The molecule has 0 bridgehead atoms. The summed E-state index contributed by atoms with van der Waals surface area (Å²) in [6.07, 6.45) is -4.10. The molecular weight excluding hydrogens is 608 g/mol. The van der Waals surface area contributed by atoms with E-state index in [0.29, 0.717) is 16.9 Å². The SMILES string of the molecule is COc1ccc(CO[C@H]2[C@@H](OC(C)=O)[C@@H](COC(=O)c3ccccc3)O[C@@H](Sc3ccccc3)[C@@H]2OC(=O)c2ccccc2)cc1. The van der Waals surface area contributed by atoms with Crippen molar-refractivity contribution in [2.75, 3.05) is 13.7 Å². The summed E-state index contributed by atoms with van der Waals surface area (Å²) in [5.74, 6) is -1.08. The third-order valence-corrected chi connectivity index (χ3v) is 8.29. The molecule has 238 valence electrons. The van der Waals surface area contributed by atoms with Crippen LogP contribution in [-0.4, -0.2) is 61.5 Å². The van der Waals surface area contributed by atoms with Crippen molar-refractivity contribution in [2.24, 2.45) is 0 Å². The Balaban J connectivity index is 1.49. The molecule has 0 spiro atoms. The Bertz CT molecular complexity index is 1570. The summed E-state index contributed by atoms with van der Waals surface area (Å²) in [5.41, 5.74) is 0.673. The molecule has 46 heavy (non-hydrogen) atoms. The second kappa shape index (κ2) is 16.1. The lowest BCUT2D eigenvalue weighted by molar-refractivity contribution is -0.233. The highest BCUT2D eigenvalue weighted by molar-refractivity contribution is 7.99. The first-order valence-electron chi connectivity index (χ1n) is 14.7. The van der Waals surface area contributed by atoms with E-state index >= 15 is 0 Å². The highest BCUT2D eigenvalue weighted by Gasteiger charge is 2.51. The topological polar surface area (TPSA) is 107 Å². The lowest BCUT2D eigenvalue weighted by atomic mass is 9.99. The molecule has 1 aliphatic rings. The molecule has 4 aromatic carbocycles. The summed E-state index contributed by atoms with van der Waals surface area (Å²) < 4.78 is 35.8. The summed E-state index contributed by atoms with van der Waals surface area (Å²) in [4.78, 5) is 39.7. The molecule has 5 atom stereocenters. The summed E-state index contributed by atoms with van der Waals surface area (Å²) in [7, 11) is 1.58. The Morgan fingerprint density at radius 3 is 1.87 bits per heavy atom. The lowest BCUT2D eigenvalue weighted by Gasteiger charge is -2.44.